The number of anilines is 1. The van der Waals surface area contributed by atoms with E-state index in [0.717, 1.165) is 4.90 Å². The predicted octanol–water partition coefficient (Wildman–Crippen LogP) is 4.11. The zero-order valence-electron chi connectivity index (χ0n) is 9.19. The van der Waals surface area contributed by atoms with Crippen molar-refractivity contribution in [3.05, 3.63) is 29.6 Å². The Bertz CT molecular complexity index is 378. The molecule has 0 radical (unpaired) electrons. The second kappa shape index (κ2) is 5.71. The molecular formula is C11H12BrF4N. The molecule has 0 aliphatic heterocycles. The smallest absolute Gasteiger partial charge is 0.363 e. The van der Waals surface area contributed by atoms with Gasteiger partial charge >= 0.3 is 6.18 Å². The Hall–Kier alpha value is -0.780. The van der Waals surface area contributed by atoms with Crippen molar-refractivity contribution in [2.24, 2.45) is 0 Å². The summed E-state index contributed by atoms with van der Waals surface area (Å²) in [6.07, 6.45) is -4.30. The maximum absolute atomic E-state index is 13.4. The van der Waals surface area contributed by atoms with E-state index >= 15 is 0 Å². The molecule has 6 heteroatoms. The summed E-state index contributed by atoms with van der Waals surface area (Å²) < 4.78 is 50.5. The van der Waals surface area contributed by atoms with E-state index in [1.54, 1.807) is 6.92 Å². The molecule has 1 aromatic carbocycles. The normalized spacial score (nSPS) is 11.6. The minimum absolute atomic E-state index is 0.170. The summed E-state index contributed by atoms with van der Waals surface area (Å²) in [6, 6.07) is 4.15. The van der Waals surface area contributed by atoms with E-state index in [2.05, 4.69) is 15.9 Å². The summed E-state index contributed by atoms with van der Waals surface area (Å²) in [4.78, 5) is 1.11. The second-order valence-electron chi connectivity index (χ2n) is 3.50. The molecule has 0 heterocycles. The molecule has 0 atom stereocenters. The van der Waals surface area contributed by atoms with Gasteiger partial charge in [0.05, 0.1) is 0 Å². The van der Waals surface area contributed by atoms with Gasteiger partial charge in [-0.25, -0.2) is 4.39 Å². The number of benzene rings is 1. The standard InChI is InChI=1S/C11H12BrF4N/c1-2-17(7-11(14,15)16)10-5-3-4-9(13)8(10)6-12/h3-5H,2,6-7H2,1H3. The summed E-state index contributed by atoms with van der Waals surface area (Å²) in [5.41, 5.74) is 0.528. The van der Waals surface area contributed by atoms with E-state index in [1.165, 1.54) is 18.2 Å². The molecule has 1 rings (SSSR count). The zero-order valence-corrected chi connectivity index (χ0v) is 10.8. The molecular weight excluding hydrogens is 302 g/mol. The Labute approximate surface area is 106 Å². The molecule has 1 nitrogen and oxygen atoms in total. The van der Waals surface area contributed by atoms with Crippen LogP contribution in [0, 0.1) is 5.82 Å². The highest BCUT2D eigenvalue weighted by Crippen LogP contribution is 2.28. The average molecular weight is 314 g/mol. The molecule has 0 amide bonds. The highest BCUT2D eigenvalue weighted by molar-refractivity contribution is 9.08. The molecule has 0 unspecified atom stereocenters. The van der Waals surface area contributed by atoms with Crippen LogP contribution < -0.4 is 4.90 Å². The van der Waals surface area contributed by atoms with E-state index in [-0.39, 0.29) is 23.1 Å². The molecule has 0 aliphatic carbocycles. The maximum Gasteiger partial charge on any atom is 0.405 e. The highest BCUT2D eigenvalue weighted by atomic mass is 79.9. The van der Waals surface area contributed by atoms with Gasteiger partial charge in [0.25, 0.3) is 0 Å². The molecule has 0 saturated carbocycles. The first-order valence-electron chi connectivity index (χ1n) is 5.04. The lowest BCUT2D eigenvalue weighted by atomic mass is 10.1. The van der Waals surface area contributed by atoms with Crippen LogP contribution in [0.25, 0.3) is 0 Å². The third kappa shape index (κ3) is 3.87. The number of alkyl halides is 4. The Morgan fingerprint density at radius 1 is 1.29 bits per heavy atom. The van der Waals surface area contributed by atoms with Crippen LogP contribution in [0.3, 0.4) is 0 Å². The number of nitrogens with zero attached hydrogens (tertiary/aromatic N) is 1. The van der Waals surface area contributed by atoms with Crippen molar-refractivity contribution >= 4 is 21.6 Å². The molecule has 0 bridgehead atoms. The van der Waals surface area contributed by atoms with Crippen LogP contribution in [0.4, 0.5) is 23.2 Å². The van der Waals surface area contributed by atoms with Gasteiger partial charge in [-0.2, -0.15) is 13.2 Å². The van der Waals surface area contributed by atoms with Crippen LogP contribution in [-0.2, 0) is 5.33 Å². The first-order valence-corrected chi connectivity index (χ1v) is 6.16. The monoisotopic (exact) mass is 313 g/mol. The van der Waals surface area contributed by atoms with Crippen LogP contribution in [0.5, 0.6) is 0 Å². The SMILES string of the molecule is CCN(CC(F)(F)F)c1cccc(F)c1CBr. The van der Waals surface area contributed by atoms with Gasteiger partial charge in [0.15, 0.2) is 0 Å². The number of hydrogen-bond donors (Lipinski definition) is 0. The van der Waals surface area contributed by atoms with E-state index in [0.29, 0.717) is 0 Å². The summed E-state index contributed by atoms with van der Waals surface area (Å²) in [5.74, 6) is -0.500. The molecule has 0 aliphatic rings. The highest BCUT2D eigenvalue weighted by Gasteiger charge is 2.31. The van der Waals surface area contributed by atoms with Crippen molar-refractivity contribution in [1.29, 1.82) is 0 Å². The zero-order chi connectivity index (χ0) is 13.1. The van der Waals surface area contributed by atoms with E-state index in [4.69, 9.17) is 0 Å². The lowest BCUT2D eigenvalue weighted by Crippen LogP contribution is -2.34. The lowest BCUT2D eigenvalue weighted by molar-refractivity contribution is -0.119. The van der Waals surface area contributed by atoms with Gasteiger partial charge in [0, 0.05) is 23.1 Å². The first-order chi connectivity index (χ1) is 7.89. The number of hydrogen-bond acceptors (Lipinski definition) is 1. The average Bonchev–Trinajstić information content (AvgIpc) is 2.24. The van der Waals surface area contributed by atoms with Crippen LogP contribution in [0.15, 0.2) is 18.2 Å². The molecule has 1 aromatic rings. The molecule has 96 valence electrons. The molecule has 0 saturated heterocycles. The van der Waals surface area contributed by atoms with Crippen LogP contribution in [0.2, 0.25) is 0 Å². The van der Waals surface area contributed by atoms with Crippen LogP contribution in [0.1, 0.15) is 12.5 Å². The summed E-state index contributed by atoms with van der Waals surface area (Å²) >= 11 is 3.09. The van der Waals surface area contributed by atoms with Crippen molar-refractivity contribution < 1.29 is 17.6 Å². The third-order valence-corrected chi connectivity index (χ3v) is 2.88. The largest absolute Gasteiger partial charge is 0.405 e. The predicted molar refractivity (Wildman–Crippen MR) is 63.0 cm³/mol. The van der Waals surface area contributed by atoms with Gasteiger partial charge in [-0.3, -0.25) is 0 Å². The van der Waals surface area contributed by atoms with Crippen molar-refractivity contribution in [1.82, 2.24) is 0 Å². The summed E-state index contributed by atoms with van der Waals surface area (Å²) in [7, 11) is 0. The molecule has 0 fully saturated rings. The maximum atomic E-state index is 13.4. The lowest BCUT2D eigenvalue weighted by Gasteiger charge is -2.26. The van der Waals surface area contributed by atoms with E-state index in [1.807, 2.05) is 0 Å². The van der Waals surface area contributed by atoms with Gasteiger partial charge < -0.3 is 4.90 Å². The van der Waals surface area contributed by atoms with Crippen molar-refractivity contribution in [2.75, 3.05) is 18.0 Å². The quantitative estimate of drug-likeness (QED) is 0.597. The minimum Gasteiger partial charge on any atom is -0.363 e. The number of halogens is 5. The van der Waals surface area contributed by atoms with Crippen molar-refractivity contribution in [2.45, 2.75) is 18.4 Å². The van der Waals surface area contributed by atoms with Gasteiger partial charge in [0.1, 0.15) is 12.4 Å². The van der Waals surface area contributed by atoms with Gasteiger partial charge in [-0.15, -0.1) is 0 Å². The Balaban J connectivity index is 3.07. The van der Waals surface area contributed by atoms with Crippen molar-refractivity contribution in [3.8, 4) is 0 Å². The molecule has 0 spiro atoms. The van der Waals surface area contributed by atoms with Gasteiger partial charge in [-0.1, -0.05) is 22.0 Å². The Morgan fingerprint density at radius 2 is 1.94 bits per heavy atom. The van der Waals surface area contributed by atoms with Crippen LogP contribution in [-0.4, -0.2) is 19.3 Å². The van der Waals surface area contributed by atoms with Crippen LogP contribution >= 0.6 is 15.9 Å². The second-order valence-corrected chi connectivity index (χ2v) is 4.06. The third-order valence-electron chi connectivity index (χ3n) is 2.32. The Kier molecular flexibility index (Phi) is 4.80. The number of rotatable bonds is 4. The summed E-state index contributed by atoms with van der Waals surface area (Å²) in [6.45, 7) is 0.699. The van der Waals surface area contributed by atoms with Gasteiger partial charge in [-0.05, 0) is 19.1 Å². The topological polar surface area (TPSA) is 3.24 Å². The van der Waals surface area contributed by atoms with E-state index < -0.39 is 18.5 Å². The fraction of sp³-hybridized carbons (Fsp3) is 0.455. The van der Waals surface area contributed by atoms with Gasteiger partial charge in [0.2, 0.25) is 0 Å². The summed E-state index contributed by atoms with van der Waals surface area (Å²) in [5, 5.41) is 0.184. The molecule has 0 aromatic heterocycles. The minimum atomic E-state index is -4.30. The molecule has 0 N–H and O–H groups in total. The fourth-order valence-corrected chi connectivity index (χ4v) is 2.11. The first kappa shape index (κ1) is 14.3. The van der Waals surface area contributed by atoms with Crippen molar-refractivity contribution in [3.63, 3.8) is 0 Å². The molecule has 17 heavy (non-hydrogen) atoms. The fourth-order valence-electron chi connectivity index (χ4n) is 1.56. The Morgan fingerprint density at radius 3 is 2.41 bits per heavy atom. The van der Waals surface area contributed by atoms with E-state index in [9.17, 15) is 17.6 Å².